The van der Waals surface area contributed by atoms with Crippen molar-refractivity contribution in [2.75, 3.05) is 18.4 Å². The Kier molecular flexibility index (Phi) is 4.92. The summed E-state index contributed by atoms with van der Waals surface area (Å²) in [7, 11) is 0. The zero-order valence-corrected chi connectivity index (χ0v) is 9.64. The highest BCUT2D eigenvalue weighted by Gasteiger charge is 2.06. The van der Waals surface area contributed by atoms with E-state index in [4.69, 9.17) is 0 Å². The van der Waals surface area contributed by atoms with Crippen molar-refractivity contribution in [3.63, 3.8) is 0 Å². The Morgan fingerprint density at radius 1 is 1.44 bits per heavy atom. The lowest BCUT2D eigenvalue weighted by Gasteiger charge is -2.07. The summed E-state index contributed by atoms with van der Waals surface area (Å²) in [5, 5.41) is 5.47. The van der Waals surface area contributed by atoms with E-state index in [1.165, 1.54) is 6.07 Å². The minimum atomic E-state index is -0.399. The van der Waals surface area contributed by atoms with Crippen LogP contribution in [0.3, 0.4) is 0 Å². The first kappa shape index (κ1) is 12.6. The number of benzene rings is 1. The molecule has 0 fully saturated rings. The summed E-state index contributed by atoms with van der Waals surface area (Å²) in [6.07, 6.45) is 0.964. The van der Waals surface area contributed by atoms with E-state index in [0.717, 1.165) is 18.5 Å². The molecule has 0 aliphatic rings. The van der Waals surface area contributed by atoms with E-state index in [1.807, 2.05) is 6.92 Å². The minimum absolute atomic E-state index is 0.209. The lowest BCUT2D eigenvalue weighted by molar-refractivity contribution is -0.115. The van der Waals surface area contributed by atoms with Gasteiger partial charge >= 0.3 is 0 Å². The van der Waals surface area contributed by atoms with E-state index < -0.39 is 5.82 Å². The van der Waals surface area contributed by atoms with Gasteiger partial charge in [0.05, 0.1) is 12.2 Å². The number of hydrogen-bond acceptors (Lipinski definition) is 2. The highest BCUT2D eigenvalue weighted by molar-refractivity contribution is 5.92. The molecule has 0 aliphatic carbocycles. The maximum atomic E-state index is 13.4. The Labute approximate surface area is 95.0 Å². The molecule has 0 radical (unpaired) electrons. The van der Waals surface area contributed by atoms with Crippen LogP contribution in [0.5, 0.6) is 0 Å². The van der Waals surface area contributed by atoms with Gasteiger partial charge in [-0.3, -0.25) is 4.79 Å². The Morgan fingerprint density at radius 2 is 2.19 bits per heavy atom. The topological polar surface area (TPSA) is 41.1 Å². The van der Waals surface area contributed by atoms with Crippen molar-refractivity contribution < 1.29 is 9.18 Å². The number of carbonyl (C=O) groups excluding carboxylic acids is 1. The summed E-state index contributed by atoms with van der Waals surface area (Å²) >= 11 is 0. The van der Waals surface area contributed by atoms with Crippen LogP contribution in [0.1, 0.15) is 18.9 Å². The Bertz CT molecular complexity index is 366. The fourth-order valence-electron chi connectivity index (χ4n) is 1.29. The number of aryl methyl sites for hydroxylation is 1. The zero-order chi connectivity index (χ0) is 12.0. The smallest absolute Gasteiger partial charge is 0.238 e. The highest BCUT2D eigenvalue weighted by atomic mass is 19.1. The van der Waals surface area contributed by atoms with Crippen LogP contribution in [0.25, 0.3) is 0 Å². The molecule has 3 nitrogen and oxygen atoms in total. The van der Waals surface area contributed by atoms with Crippen LogP contribution < -0.4 is 10.6 Å². The number of amides is 1. The van der Waals surface area contributed by atoms with E-state index in [1.54, 1.807) is 19.1 Å². The Balaban J connectivity index is 2.49. The number of carbonyl (C=O) groups is 1. The summed E-state index contributed by atoms with van der Waals surface area (Å²) < 4.78 is 13.4. The van der Waals surface area contributed by atoms with Gasteiger partial charge in [-0.2, -0.15) is 0 Å². The van der Waals surface area contributed by atoms with Crippen molar-refractivity contribution >= 4 is 11.6 Å². The largest absolute Gasteiger partial charge is 0.322 e. The maximum Gasteiger partial charge on any atom is 0.238 e. The molecular weight excluding hydrogens is 207 g/mol. The van der Waals surface area contributed by atoms with Crippen LogP contribution in [0, 0.1) is 12.7 Å². The third-order valence-electron chi connectivity index (χ3n) is 2.11. The van der Waals surface area contributed by atoms with Crippen LogP contribution >= 0.6 is 0 Å². The van der Waals surface area contributed by atoms with Gasteiger partial charge in [-0.15, -0.1) is 0 Å². The third-order valence-corrected chi connectivity index (χ3v) is 2.11. The predicted molar refractivity (Wildman–Crippen MR) is 62.9 cm³/mol. The minimum Gasteiger partial charge on any atom is -0.322 e. The molecule has 16 heavy (non-hydrogen) atoms. The average molecular weight is 224 g/mol. The number of halogens is 1. The molecule has 1 aromatic rings. The fourth-order valence-corrected chi connectivity index (χ4v) is 1.29. The zero-order valence-electron chi connectivity index (χ0n) is 9.64. The fraction of sp³-hybridized carbons (Fsp3) is 0.417. The molecule has 88 valence electrons. The monoisotopic (exact) mass is 224 g/mol. The summed E-state index contributed by atoms with van der Waals surface area (Å²) in [6.45, 7) is 4.81. The van der Waals surface area contributed by atoms with Gasteiger partial charge in [0, 0.05) is 0 Å². The van der Waals surface area contributed by atoms with Crippen molar-refractivity contribution in [3.8, 4) is 0 Å². The first-order chi connectivity index (χ1) is 7.63. The van der Waals surface area contributed by atoms with Crippen molar-refractivity contribution in [3.05, 3.63) is 29.6 Å². The van der Waals surface area contributed by atoms with Gasteiger partial charge in [-0.25, -0.2) is 4.39 Å². The molecule has 4 heteroatoms. The highest BCUT2D eigenvalue weighted by Crippen LogP contribution is 2.14. The predicted octanol–water partition coefficient (Wildman–Crippen LogP) is 2.07. The molecule has 1 rings (SSSR count). The second-order valence-corrected chi connectivity index (χ2v) is 3.71. The van der Waals surface area contributed by atoms with Crippen molar-refractivity contribution in [1.82, 2.24) is 5.32 Å². The van der Waals surface area contributed by atoms with E-state index in [0.29, 0.717) is 0 Å². The third kappa shape index (κ3) is 3.98. The van der Waals surface area contributed by atoms with Crippen LogP contribution in [-0.2, 0) is 4.79 Å². The van der Waals surface area contributed by atoms with Gasteiger partial charge in [-0.1, -0.05) is 13.0 Å². The molecule has 0 aliphatic heterocycles. The van der Waals surface area contributed by atoms with Crippen LogP contribution in [0.2, 0.25) is 0 Å². The molecule has 0 aromatic heterocycles. The summed E-state index contributed by atoms with van der Waals surface area (Å²) in [5.74, 6) is -0.625. The molecule has 0 bridgehead atoms. The maximum absolute atomic E-state index is 13.4. The number of nitrogens with one attached hydrogen (secondary N) is 2. The molecule has 1 aromatic carbocycles. The molecule has 0 saturated heterocycles. The standard InChI is InChI=1S/C12H17FN2O/c1-3-6-14-8-12(16)15-11-5-4-9(2)7-10(11)13/h4-5,7,14H,3,6,8H2,1-2H3,(H,15,16). The number of rotatable bonds is 5. The SMILES string of the molecule is CCCNCC(=O)Nc1ccc(C)cc1F. The molecule has 1 amide bonds. The van der Waals surface area contributed by atoms with E-state index in [9.17, 15) is 9.18 Å². The lowest BCUT2D eigenvalue weighted by atomic mass is 10.2. The van der Waals surface area contributed by atoms with E-state index >= 15 is 0 Å². The number of hydrogen-bond donors (Lipinski definition) is 2. The van der Waals surface area contributed by atoms with Gasteiger partial charge in [-0.05, 0) is 37.6 Å². The van der Waals surface area contributed by atoms with Crippen LogP contribution in [0.4, 0.5) is 10.1 Å². The van der Waals surface area contributed by atoms with E-state index in [2.05, 4.69) is 10.6 Å². The lowest BCUT2D eigenvalue weighted by Crippen LogP contribution is -2.28. The molecule has 0 heterocycles. The van der Waals surface area contributed by atoms with Gasteiger partial charge < -0.3 is 10.6 Å². The van der Waals surface area contributed by atoms with Crippen molar-refractivity contribution in [1.29, 1.82) is 0 Å². The van der Waals surface area contributed by atoms with Gasteiger partial charge in [0.2, 0.25) is 5.91 Å². The summed E-state index contributed by atoms with van der Waals surface area (Å²) in [4.78, 5) is 11.4. The molecule has 0 spiro atoms. The van der Waals surface area contributed by atoms with E-state index in [-0.39, 0.29) is 18.1 Å². The summed E-state index contributed by atoms with van der Waals surface area (Å²) in [6, 6.07) is 4.73. The normalized spacial score (nSPS) is 10.2. The van der Waals surface area contributed by atoms with Gasteiger partial charge in [0.1, 0.15) is 5.82 Å². The quantitative estimate of drug-likeness (QED) is 0.752. The summed E-state index contributed by atoms with van der Waals surface area (Å²) in [5.41, 5.74) is 1.06. The molecular formula is C12H17FN2O. The molecule has 0 atom stereocenters. The van der Waals surface area contributed by atoms with Crippen LogP contribution in [-0.4, -0.2) is 19.0 Å². The number of anilines is 1. The Hall–Kier alpha value is -1.42. The average Bonchev–Trinajstić information content (AvgIpc) is 2.23. The second-order valence-electron chi connectivity index (χ2n) is 3.71. The van der Waals surface area contributed by atoms with Gasteiger partial charge in [0.25, 0.3) is 0 Å². The second kappa shape index (κ2) is 6.23. The van der Waals surface area contributed by atoms with Crippen molar-refractivity contribution in [2.24, 2.45) is 0 Å². The first-order valence-corrected chi connectivity index (χ1v) is 5.40. The first-order valence-electron chi connectivity index (χ1n) is 5.40. The Morgan fingerprint density at radius 3 is 2.81 bits per heavy atom. The molecule has 0 saturated carbocycles. The molecule has 0 unspecified atom stereocenters. The van der Waals surface area contributed by atoms with Crippen molar-refractivity contribution in [2.45, 2.75) is 20.3 Å². The van der Waals surface area contributed by atoms with Gasteiger partial charge in [0.15, 0.2) is 0 Å². The van der Waals surface area contributed by atoms with Crippen LogP contribution in [0.15, 0.2) is 18.2 Å². The molecule has 2 N–H and O–H groups in total.